The zero-order valence-corrected chi connectivity index (χ0v) is 12.3. The molecular weight excluding hydrogens is 294 g/mol. The summed E-state index contributed by atoms with van der Waals surface area (Å²) in [7, 11) is 0. The standard InChI is InChI=1S/C13H16ClN5O2/c1-2-5-21-11-4-3-9(14)6-10(11)17-12(20)7-19-8-16-13(15)18-19/h3-4,6,8H,2,5,7H2,1H3,(H2,15,18)(H,17,20). The summed E-state index contributed by atoms with van der Waals surface area (Å²) in [6.07, 6.45) is 2.26. The highest BCUT2D eigenvalue weighted by Gasteiger charge is 2.10. The molecule has 0 fully saturated rings. The normalized spacial score (nSPS) is 10.4. The van der Waals surface area contributed by atoms with Crippen molar-refractivity contribution >= 4 is 29.1 Å². The van der Waals surface area contributed by atoms with Crippen LogP contribution in [-0.4, -0.2) is 27.3 Å². The van der Waals surface area contributed by atoms with Gasteiger partial charge in [-0.15, -0.1) is 5.10 Å². The van der Waals surface area contributed by atoms with Crippen LogP contribution in [0.4, 0.5) is 11.6 Å². The van der Waals surface area contributed by atoms with Gasteiger partial charge in [0, 0.05) is 5.02 Å². The number of amides is 1. The number of halogens is 1. The molecule has 1 aromatic heterocycles. The Morgan fingerprint density at radius 3 is 3.00 bits per heavy atom. The van der Waals surface area contributed by atoms with Crippen LogP contribution in [0.2, 0.25) is 5.02 Å². The van der Waals surface area contributed by atoms with Crippen LogP contribution in [0.1, 0.15) is 13.3 Å². The van der Waals surface area contributed by atoms with Gasteiger partial charge in [-0.3, -0.25) is 4.79 Å². The third-order valence-electron chi connectivity index (χ3n) is 2.54. The monoisotopic (exact) mass is 309 g/mol. The van der Waals surface area contributed by atoms with E-state index in [0.29, 0.717) is 23.1 Å². The smallest absolute Gasteiger partial charge is 0.246 e. The lowest BCUT2D eigenvalue weighted by Crippen LogP contribution is -2.19. The molecule has 0 bridgehead atoms. The first-order chi connectivity index (χ1) is 10.1. The van der Waals surface area contributed by atoms with Crippen molar-refractivity contribution in [2.75, 3.05) is 17.7 Å². The molecule has 0 saturated carbocycles. The number of hydrogen-bond donors (Lipinski definition) is 2. The maximum Gasteiger partial charge on any atom is 0.246 e. The predicted octanol–water partition coefficient (Wildman–Crippen LogP) is 1.94. The number of ether oxygens (including phenoxy) is 1. The molecule has 0 aliphatic rings. The zero-order chi connectivity index (χ0) is 15.2. The average molecular weight is 310 g/mol. The fourth-order valence-electron chi connectivity index (χ4n) is 1.66. The van der Waals surface area contributed by atoms with Crippen molar-refractivity contribution in [3.05, 3.63) is 29.5 Å². The van der Waals surface area contributed by atoms with Gasteiger partial charge >= 0.3 is 0 Å². The van der Waals surface area contributed by atoms with Crippen LogP contribution in [0.5, 0.6) is 5.75 Å². The van der Waals surface area contributed by atoms with Crippen LogP contribution >= 0.6 is 11.6 Å². The number of nitrogens with zero attached hydrogens (tertiary/aromatic N) is 3. The summed E-state index contributed by atoms with van der Waals surface area (Å²) in [5.74, 6) is 0.425. The summed E-state index contributed by atoms with van der Waals surface area (Å²) in [6, 6.07) is 5.07. The predicted molar refractivity (Wildman–Crippen MR) is 80.3 cm³/mol. The Balaban J connectivity index is 2.06. The van der Waals surface area contributed by atoms with Gasteiger partial charge in [0.25, 0.3) is 0 Å². The highest BCUT2D eigenvalue weighted by Crippen LogP contribution is 2.28. The number of carbonyl (C=O) groups excluding carboxylic acids is 1. The van der Waals surface area contributed by atoms with Crippen molar-refractivity contribution in [1.82, 2.24) is 14.8 Å². The molecule has 0 atom stereocenters. The second kappa shape index (κ2) is 6.94. The van der Waals surface area contributed by atoms with E-state index < -0.39 is 0 Å². The molecule has 0 saturated heterocycles. The van der Waals surface area contributed by atoms with E-state index in [-0.39, 0.29) is 18.4 Å². The third-order valence-corrected chi connectivity index (χ3v) is 2.77. The van der Waals surface area contributed by atoms with E-state index in [1.165, 1.54) is 11.0 Å². The summed E-state index contributed by atoms with van der Waals surface area (Å²) in [5, 5.41) is 7.10. The summed E-state index contributed by atoms with van der Waals surface area (Å²) in [6.45, 7) is 2.57. The number of hydrogen-bond acceptors (Lipinski definition) is 5. The summed E-state index contributed by atoms with van der Waals surface area (Å²) in [4.78, 5) is 15.7. The minimum absolute atomic E-state index is 0.00390. The van der Waals surface area contributed by atoms with Gasteiger partial charge in [0.2, 0.25) is 11.9 Å². The lowest BCUT2D eigenvalue weighted by molar-refractivity contribution is -0.116. The molecule has 1 heterocycles. The number of nitrogens with two attached hydrogens (primary N) is 1. The maximum absolute atomic E-state index is 12.0. The Morgan fingerprint density at radius 1 is 1.52 bits per heavy atom. The molecule has 0 aliphatic heterocycles. The zero-order valence-electron chi connectivity index (χ0n) is 11.5. The lowest BCUT2D eigenvalue weighted by atomic mass is 10.3. The quantitative estimate of drug-likeness (QED) is 0.850. The summed E-state index contributed by atoms with van der Waals surface area (Å²) >= 11 is 5.95. The number of nitrogen functional groups attached to an aromatic ring is 1. The van der Waals surface area contributed by atoms with Gasteiger partial charge in [-0.25, -0.2) is 9.67 Å². The van der Waals surface area contributed by atoms with Crippen molar-refractivity contribution in [2.45, 2.75) is 19.9 Å². The first-order valence-electron chi connectivity index (χ1n) is 6.45. The Morgan fingerprint density at radius 2 is 2.33 bits per heavy atom. The van der Waals surface area contributed by atoms with Crippen molar-refractivity contribution in [1.29, 1.82) is 0 Å². The molecule has 0 spiro atoms. The number of benzene rings is 1. The fourth-order valence-corrected chi connectivity index (χ4v) is 1.83. The highest BCUT2D eigenvalue weighted by atomic mass is 35.5. The van der Waals surface area contributed by atoms with Crippen molar-refractivity contribution < 1.29 is 9.53 Å². The van der Waals surface area contributed by atoms with E-state index in [2.05, 4.69) is 15.4 Å². The van der Waals surface area contributed by atoms with E-state index in [1.54, 1.807) is 18.2 Å². The molecule has 3 N–H and O–H groups in total. The van der Waals surface area contributed by atoms with Crippen LogP contribution < -0.4 is 15.8 Å². The van der Waals surface area contributed by atoms with Gasteiger partial charge in [-0.05, 0) is 24.6 Å². The van der Waals surface area contributed by atoms with Gasteiger partial charge < -0.3 is 15.8 Å². The second-order valence-corrected chi connectivity index (χ2v) is 4.77. The van der Waals surface area contributed by atoms with Crippen LogP contribution in [0.3, 0.4) is 0 Å². The molecular formula is C13H16ClN5O2. The van der Waals surface area contributed by atoms with Crippen LogP contribution in [0, 0.1) is 0 Å². The number of nitrogens with one attached hydrogen (secondary N) is 1. The molecule has 2 aromatic rings. The maximum atomic E-state index is 12.0. The average Bonchev–Trinajstić information content (AvgIpc) is 2.83. The van der Waals surface area contributed by atoms with E-state index >= 15 is 0 Å². The van der Waals surface area contributed by atoms with E-state index in [1.807, 2.05) is 6.92 Å². The molecule has 0 aliphatic carbocycles. The van der Waals surface area contributed by atoms with Crippen LogP contribution in [0.25, 0.3) is 0 Å². The molecule has 1 aromatic carbocycles. The molecule has 7 nitrogen and oxygen atoms in total. The van der Waals surface area contributed by atoms with Crippen molar-refractivity contribution in [3.8, 4) is 5.75 Å². The summed E-state index contributed by atoms with van der Waals surface area (Å²) in [5.41, 5.74) is 5.92. The van der Waals surface area contributed by atoms with Gasteiger partial charge in [0.1, 0.15) is 18.6 Å². The molecule has 1 amide bonds. The molecule has 0 radical (unpaired) electrons. The number of anilines is 2. The van der Waals surface area contributed by atoms with Gasteiger partial charge in [0.15, 0.2) is 0 Å². The molecule has 2 rings (SSSR count). The van der Waals surface area contributed by atoms with Crippen molar-refractivity contribution in [2.24, 2.45) is 0 Å². The molecule has 0 unspecified atom stereocenters. The van der Waals surface area contributed by atoms with E-state index in [4.69, 9.17) is 22.1 Å². The molecule has 112 valence electrons. The second-order valence-electron chi connectivity index (χ2n) is 4.34. The third kappa shape index (κ3) is 4.35. The van der Waals surface area contributed by atoms with Gasteiger partial charge in [-0.1, -0.05) is 18.5 Å². The van der Waals surface area contributed by atoms with Crippen LogP contribution in [-0.2, 0) is 11.3 Å². The minimum atomic E-state index is -0.275. The Bertz CT molecular complexity index is 629. The number of carbonyl (C=O) groups is 1. The fraction of sp³-hybridized carbons (Fsp3) is 0.308. The first-order valence-corrected chi connectivity index (χ1v) is 6.83. The Kier molecular flexibility index (Phi) is 4.99. The Hall–Kier alpha value is -2.28. The lowest BCUT2D eigenvalue weighted by Gasteiger charge is -2.12. The number of rotatable bonds is 6. The first kappa shape index (κ1) is 15.1. The largest absolute Gasteiger partial charge is 0.491 e. The SMILES string of the molecule is CCCOc1ccc(Cl)cc1NC(=O)Cn1cnc(N)n1. The minimum Gasteiger partial charge on any atom is -0.491 e. The highest BCUT2D eigenvalue weighted by molar-refractivity contribution is 6.31. The molecule has 21 heavy (non-hydrogen) atoms. The summed E-state index contributed by atoms with van der Waals surface area (Å²) < 4.78 is 6.92. The van der Waals surface area contributed by atoms with Gasteiger partial charge in [-0.2, -0.15) is 0 Å². The van der Waals surface area contributed by atoms with Crippen LogP contribution in [0.15, 0.2) is 24.5 Å². The Labute approximate surface area is 127 Å². The van der Waals surface area contributed by atoms with E-state index in [9.17, 15) is 4.79 Å². The van der Waals surface area contributed by atoms with Gasteiger partial charge in [0.05, 0.1) is 12.3 Å². The molecule has 8 heteroatoms. The topological polar surface area (TPSA) is 95.1 Å². The number of aromatic nitrogens is 3. The van der Waals surface area contributed by atoms with E-state index in [0.717, 1.165) is 6.42 Å². The van der Waals surface area contributed by atoms with Crippen molar-refractivity contribution in [3.63, 3.8) is 0 Å².